The molecule has 0 bridgehead atoms. The molecule has 1 fully saturated rings. The van der Waals surface area contributed by atoms with Crippen LogP contribution in [0.3, 0.4) is 0 Å². The van der Waals surface area contributed by atoms with Crippen LogP contribution in [0.1, 0.15) is 34.6 Å². The lowest BCUT2D eigenvalue weighted by molar-refractivity contribution is -0.117. The summed E-state index contributed by atoms with van der Waals surface area (Å²) >= 11 is 1.22. The topological polar surface area (TPSA) is 126 Å². The minimum absolute atomic E-state index is 0.173. The summed E-state index contributed by atoms with van der Waals surface area (Å²) in [5.41, 5.74) is 2.61. The highest BCUT2D eigenvalue weighted by molar-refractivity contribution is 7.21. The third kappa shape index (κ3) is 4.75. The fourth-order valence-electron chi connectivity index (χ4n) is 5.10. The first kappa shape index (κ1) is 25.5. The zero-order chi connectivity index (χ0) is 27.8. The van der Waals surface area contributed by atoms with Gasteiger partial charge in [0.25, 0.3) is 5.91 Å². The van der Waals surface area contributed by atoms with Gasteiger partial charge in [0.05, 0.1) is 28.6 Å². The van der Waals surface area contributed by atoms with Crippen molar-refractivity contribution >= 4 is 56.5 Å². The lowest BCUT2D eigenvalue weighted by atomic mass is 10.1. The number of nitrogens with zero attached hydrogens (tertiary/aromatic N) is 3. The average molecular weight is 555 g/mol. The SMILES string of the molecule is C=CC(=O)N[C@H]1CCC[C@H]1NC(=O)c1sc2nccc3c2c1NC(=O)N3c1ccc(Oc2ccc(C)nc2)cc1. The van der Waals surface area contributed by atoms with Crippen LogP contribution < -0.4 is 25.6 Å². The van der Waals surface area contributed by atoms with Crippen molar-refractivity contribution in [1.29, 1.82) is 0 Å². The predicted octanol–water partition coefficient (Wildman–Crippen LogP) is 5.43. The second kappa shape index (κ2) is 10.4. The molecule has 1 aromatic carbocycles. The van der Waals surface area contributed by atoms with Crippen molar-refractivity contribution in [3.63, 3.8) is 0 Å². The van der Waals surface area contributed by atoms with E-state index in [1.807, 2.05) is 19.1 Å². The predicted molar refractivity (Wildman–Crippen MR) is 154 cm³/mol. The number of pyridine rings is 2. The molecule has 3 N–H and O–H groups in total. The Morgan fingerprint density at radius 1 is 1.07 bits per heavy atom. The number of thiophene rings is 1. The first-order valence-corrected chi connectivity index (χ1v) is 13.7. The summed E-state index contributed by atoms with van der Waals surface area (Å²) < 4.78 is 5.87. The highest BCUT2D eigenvalue weighted by atomic mass is 32.1. The van der Waals surface area contributed by atoms with Crippen molar-refractivity contribution in [1.82, 2.24) is 20.6 Å². The maximum atomic E-state index is 13.4. The summed E-state index contributed by atoms with van der Waals surface area (Å²) in [4.78, 5) is 49.9. The van der Waals surface area contributed by atoms with Crippen molar-refractivity contribution in [3.05, 3.63) is 78.1 Å². The minimum atomic E-state index is -0.388. The van der Waals surface area contributed by atoms with Crippen LogP contribution in [-0.4, -0.2) is 39.9 Å². The van der Waals surface area contributed by atoms with Gasteiger partial charge in [0, 0.05) is 24.0 Å². The van der Waals surface area contributed by atoms with Crippen molar-refractivity contribution in [2.75, 3.05) is 10.2 Å². The Kier molecular flexibility index (Phi) is 6.64. The molecular formula is C29H26N6O4S. The first-order chi connectivity index (χ1) is 19.4. The van der Waals surface area contributed by atoms with E-state index in [4.69, 9.17) is 4.74 Å². The molecule has 0 saturated heterocycles. The third-order valence-electron chi connectivity index (χ3n) is 7.01. The maximum absolute atomic E-state index is 13.4. The lowest BCUT2D eigenvalue weighted by Crippen LogP contribution is -2.48. The molecule has 6 rings (SSSR count). The van der Waals surface area contributed by atoms with Gasteiger partial charge in [-0.2, -0.15) is 0 Å². The fraction of sp³-hybridized carbons (Fsp3) is 0.207. The van der Waals surface area contributed by atoms with Crippen LogP contribution in [0.5, 0.6) is 11.5 Å². The Morgan fingerprint density at radius 2 is 1.82 bits per heavy atom. The zero-order valence-corrected chi connectivity index (χ0v) is 22.5. The van der Waals surface area contributed by atoms with Gasteiger partial charge in [-0.3, -0.25) is 19.5 Å². The number of ether oxygens (including phenoxy) is 1. The van der Waals surface area contributed by atoms with Gasteiger partial charge in [-0.1, -0.05) is 6.58 Å². The lowest BCUT2D eigenvalue weighted by Gasteiger charge is -2.28. The Hall–Kier alpha value is -4.77. The summed E-state index contributed by atoms with van der Waals surface area (Å²) in [7, 11) is 0. The molecule has 0 spiro atoms. The quantitative estimate of drug-likeness (QED) is 0.262. The van der Waals surface area contributed by atoms with Gasteiger partial charge >= 0.3 is 6.03 Å². The molecule has 202 valence electrons. The van der Waals surface area contributed by atoms with Crippen LogP contribution in [0.4, 0.5) is 21.9 Å². The number of anilines is 3. The minimum Gasteiger partial charge on any atom is -0.456 e. The Bertz CT molecular complexity index is 1630. The number of nitrogens with one attached hydrogen (secondary N) is 3. The summed E-state index contributed by atoms with van der Waals surface area (Å²) in [6.07, 6.45) is 6.92. The summed E-state index contributed by atoms with van der Waals surface area (Å²) in [5, 5.41) is 9.56. The first-order valence-electron chi connectivity index (χ1n) is 12.9. The maximum Gasteiger partial charge on any atom is 0.331 e. The standard InChI is InChI=1S/C29H26N6O4S/c1-3-23(36)32-20-5-4-6-21(20)33-27(37)26-25-24-22(13-14-30-28(24)40-26)35(29(38)34-25)17-8-11-18(12-9-17)39-19-10-7-16(2)31-15-19/h3,7-15,20-21H,1,4-6H2,2H3,(H,32,36)(H,33,37)(H,34,38)/t20-,21+/m0/s1. The van der Waals surface area contributed by atoms with E-state index in [2.05, 4.69) is 32.5 Å². The normalized spacial score (nSPS) is 17.8. The second-order valence-corrected chi connectivity index (χ2v) is 10.6. The summed E-state index contributed by atoms with van der Waals surface area (Å²) in [6.45, 7) is 5.41. The molecule has 1 saturated carbocycles. The van der Waals surface area contributed by atoms with Crippen LogP contribution in [0.15, 0.2) is 67.5 Å². The number of amides is 4. The van der Waals surface area contributed by atoms with Crippen LogP contribution in [0.25, 0.3) is 10.2 Å². The van der Waals surface area contributed by atoms with Crippen LogP contribution in [-0.2, 0) is 4.79 Å². The molecular weight excluding hydrogens is 528 g/mol. The second-order valence-electron chi connectivity index (χ2n) is 9.64. The van der Waals surface area contributed by atoms with Crippen molar-refractivity contribution in [2.45, 2.75) is 38.3 Å². The van der Waals surface area contributed by atoms with Crippen molar-refractivity contribution in [3.8, 4) is 11.5 Å². The van der Waals surface area contributed by atoms with E-state index in [1.165, 1.54) is 17.4 Å². The molecule has 10 nitrogen and oxygen atoms in total. The Labute approximate surface area is 234 Å². The van der Waals surface area contributed by atoms with Crippen LogP contribution in [0.2, 0.25) is 0 Å². The van der Waals surface area contributed by atoms with E-state index in [0.717, 1.165) is 25.0 Å². The molecule has 0 unspecified atom stereocenters. The third-order valence-corrected chi connectivity index (χ3v) is 8.11. The number of aromatic nitrogens is 2. The molecule has 3 aromatic heterocycles. The molecule has 11 heteroatoms. The molecule has 2 atom stereocenters. The zero-order valence-electron chi connectivity index (χ0n) is 21.6. The Morgan fingerprint density at radius 3 is 2.55 bits per heavy atom. The molecule has 1 aliphatic heterocycles. The number of carbonyl (C=O) groups is 3. The monoisotopic (exact) mass is 554 g/mol. The van der Waals surface area contributed by atoms with E-state index >= 15 is 0 Å². The van der Waals surface area contributed by atoms with E-state index in [1.54, 1.807) is 47.6 Å². The molecule has 0 radical (unpaired) electrons. The molecule has 40 heavy (non-hydrogen) atoms. The molecule has 1 aliphatic carbocycles. The summed E-state index contributed by atoms with van der Waals surface area (Å²) in [6, 6.07) is 11.9. The van der Waals surface area contributed by atoms with Gasteiger partial charge in [0.15, 0.2) is 0 Å². The Balaban J connectivity index is 1.26. The van der Waals surface area contributed by atoms with Gasteiger partial charge in [0.1, 0.15) is 21.2 Å². The number of hydrogen-bond acceptors (Lipinski definition) is 7. The molecule has 4 heterocycles. The molecule has 4 aromatic rings. The highest BCUT2D eigenvalue weighted by Crippen LogP contribution is 2.46. The van der Waals surface area contributed by atoms with Gasteiger partial charge in [-0.05, 0) is 74.7 Å². The smallest absolute Gasteiger partial charge is 0.331 e. The number of aryl methyl sites for hydroxylation is 1. The van der Waals surface area contributed by atoms with E-state index in [0.29, 0.717) is 43.7 Å². The number of benzene rings is 1. The van der Waals surface area contributed by atoms with Crippen LogP contribution >= 0.6 is 11.3 Å². The number of carbonyl (C=O) groups excluding carboxylic acids is 3. The fourth-order valence-corrected chi connectivity index (χ4v) is 6.12. The number of rotatable bonds is 7. The van der Waals surface area contributed by atoms with E-state index in [9.17, 15) is 14.4 Å². The number of hydrogen-bond donors (Lipinski definition) is 3. The van der Waals surface area contributed by atoms with E-state index < -0.39 is 0 Å². The average Bonchev–Trinajstić information content (AvgIpc) is 3.55. The van der Waals surface area contributed by atoms with E-state index in [-0.39, 0.29) is 29.9 Å². The number of urea groups is 1. The van der Waals surface area contributed by atoms with Gasteiger partial charge in [-0.15, -0.1) is 11.3 Å². The van der Waals surface area contributed by atoms with Crippen molar-refractivity contribution < 1.29 is 19.1 Å². The molecule has 2 aliphatic rings. The van der Waals surface area contributed by atoms with Gasteiger partial charge < -0.3 is 20.7 Å². The van der Waals surface area contributed by atoms with Gasteiger partial charge in [-0.25, -0.2) is 9.78 Å². The largest absolute Gasteiger partial charge is 0.456 e. The summed E-state index contributed by atoms with van der Waals surface area (Å²) in [5.74, 6) is 0.646. The van der Waals surface area contributed by atoms with Crippen LogP contribution in [0, 0.1) is 6.92 Å². The van der Waals surface area contributed by atoms with Crippen molar-refractivity contribution in [2.24, 2.45) is 0 Å². The highest BCUT2D eigenvalue weighted by Gasteiger charge is 2.35. The van der Waals surface area contributed by atoms with Gasteiger partial charge in [0.2, 0.25) is 5.91 Å². The molecule has 4 amide bonds.